The highest BCUT2D eigenvalue weighted by Gasteiger charge is 2.41. The van der Waals surface area contributed by atoms with Gasteiger partial charge in [0.25, 0.3) is 5.91 Å². The molecule has 3 heterocycles. The van der Waals surface area contributed by atoms with E-state index < -0.39 is 35.0 Å². The molecule has 0 saturated carbocycles. The molecule has 0 N–H and O–H groups in total. The molecule has 0 radical (unpaired) electrons. The van der Waals surface area contributed by atoms with E-state index in [0.717, 1.165) is 57.8 Å². The third-order valence-electron chi connectivity index (χ3n) is 8.53. The van der Waals surface area contributed by atoms with Gasteiger partial charge >= 0.3 is 12.4 Å². The van der Waals surface area contributed by atoms with E-state index >= 15 is 0 Å². The number of hydrogen-bond donors (Lipinski definition) is 0. The van der Waals surface area contributed by atoms with Crippen LogP contribution in [0.5, 0.6) is 0 Å². The number of halogens is 7. The van der Waals surface area contributed by atoms with Crippen LogP contribution in [-0.2, 0) is 17.1 Å². The van der Waals surface area contributed by atoms with Gasteiger partial charge in [0.1, 0.15) is 0 Å². The number of likely N-dealkylation sites (tertiary alicyclic amines) is 2. The summed E-state index contributed by atoms with van der Waals surface area (Å²) in [7, 11) is 0. The number of alkyl halides is 6. The number of ether oxygens (including phenoxy) is 1. The Morgan fingerprint density at radius 1 is 0.780 bits per heavy atom. The van der Waals surface area contributed by atoms with Crippen LogP contribution in [0, 0.1) is 0 Å². The summed E-state index contributed by atoms with van der Waals surface area (Å²) in [5.41, 5.74) is -2.69. The fourth-order valence-electron chi connectivity index (χ4n) is 6.38. The molecular weight excluding hydrogens is 572 g/mol. The first-order valence-electron chi connectivity index (χ1n) is 13.8. The van der Waals surface area contributed by atoms with Gasteiger partial charge in [0.15, 0.2) is 0 Å². The van der Waals surface area contributed by atoms with Crippen molar-refractivity contribution >= 4 is 17.5 Å². The first kappa shape index (κ1) is 30.1. The van der Waals surface area contributed by atoms with Crippen molar-refractivity contribution < 1.29 is 35.9 Å². The monoisotopic (exact) mass is 603 g/mol. The van der Waals surface area contributed by atoms with E-state index in [1.165, 1.54) is 4.90 Å². The predicted octanol–water partition coefficient (Wildman–Crippen LogP) is 6.17. The third-order valence-corrected chi connectivity index (χ3v) is 8.78. The molecule has 1 amide bonds. The van der Waals surface area contributed by atoms with Crippen molar-refractivity contribution in [1.82, 2.24) is 14.7 Å². The molecule has 224 valence electrons. The first-order chi connectivity index (χ1) is 19.4. The first-order valence-corrected chi connectivity index (χ1v) is 14.2. The van der Waals surface area contributed by atoms with Gasteiger partial charge < -0.3 is 9.64 Å². The lowest BCUT2D eigenvalue weighted by molar-refractivity contribution is -0.143. The Kier molecular flexibility index (Phi) is 8.90. The van der Waals surface area contributed by atoms with Crippen molar-refractivity contribution in [2.75, 3.05) is 52.5 Å². The van der Waals surface area contributed by atoms with Crippen LogP contribution in [0.25, 0.3) is 0 Å². The van der Waals surface area contributed by atoms with E-state index in [2.05, 4.69) is 9.80 Å². The summed E-state index contributed by atoms with van der Waals surface area (Å²) in [6.45, 7) is 5.46. The van der Waals surface area contributed by atoms with Crippen LogP contribution >= 0.6 is 11.6 Å². The van der Waals surface area contributed by atoms with Crippen molar-refractivity contribution in [3.8, 4) is 0 Å². The normalized spacial score (nSPS) is 24.0. The molecule has 0 spiro atoms. The van der Waals surface area contributed by atoms with E-state index in [-0.39, 0.29) is 31.1 Å². The average Bonchev–Trinajstić information content (AvgIpc) is 2.96. The third kappa shape index (κ3) is 7.01. The molecule has 3 aliphatic heterocycles. The van der Waals surface area contributed by atoms with E-state index in [0.29, 0.717) is 29.6 Å². The quantitative estimate of drug-likeness (QED) is 0.392. The van der Waals surface area contributed by atoms with Gasteiger partial charge in [-0.05, 0) is 68.2 Å². The minimum Gasteiger partial charge on any atom is -0.379 e. The predicted molar refractivity (Wildman–Crippen MR) is 142 cm³/mol. The van der Waals surface area contributed by atoms with Crippen LogP contribution in [0.15, 0.2) is 42.5 Å². The number of carbonyl (C=O) groups excluding carboxylic acids is 1. The standard InChI is InChI=1S/C29H32ClF6N3O2/c30-23-3-1-19(2-4-23)25-18-39(27(40)20-15-21(28(31,32)33)17-22(16-20)29(34,35)36)10-7-26(25)38-8-5-24(6-9-38)37-11-13-41-14-12-37/h1-4,15-17,24-26H,5-14,18H2/t25-,26-/m1/s1. The highest BCUT2D eigenvalue weighted by molar-refractivity contribution is 6.30. The number of amides is 1. The number of nitrogens with zero attached hydrogens (tertiary/aromatic N) is 3. The van der Waals surface area contributed by atoms with Gasteiger partial charge in [-0.2, -0.15) is 26.3 Å². The molecular formula is C29H32ClF6N3O2. The van der Waals surface area contributed by atoms with Crippen LogP contribution in [-0.4, -0.2) is 85.2 Å². The number of hydrogen-bond acceptors (Lipinski definition) is 4. The topological polar surface area (TPSA) is 36.0 Å². The smallest absolute Gasteiger partial charge is 0.379 e. The minimum absolute atomic E-state index is 0.0417. The van der Waals surface area contributed by atoms with Crippen LogP contribution in [0.4, 0.5) is 26.3 Å². The molecule has 3 aliphatic rings. The number of piperidine rings is 2. The van der Waals surface area contributed by atoms with Crippen molar-refractivity contribution in [2.45, 2.75) is 49.6 Å². The van der Waals surface area contributed by atoms with E-state index in [1.807, 2.05) is 12.1 Å². The van der Waals surface area contributed by atoms with Gasteiger partial charge in [-0.15, -0.1) is 0 Å². The van der Waals surface area contributed by atoms with Gasteiger partial charge in [0.05, 0.1) is 24.3 Å². The maximum absolute atomic E-state index is 13.4. The molecule has 2 atom stereocenters. The SMILES string of the molecule is O=C(c1cc(C(F)(F)F)cc(C(F)(F)F)c1)N1CC[C@@H](N2CCC(N3CCOCC3)CC2)[C@@H](c2ccc(Cl)cc2)C1. The van der Waals surface area contributed by atoms with Crippen LogP contribution in [0.1, 0.15) is 52.2 Å². The second kappa shape index (κ2) is 12.1. The zero-order valence-electron chi connectivity index (χ0n) is 22.4. The van der Waals surface area contributed by atoms with E-state index in [9.17, 15) is 31.1 Å². The zero-order valence-corrected chi connectivity index (χ0v) is 23.1. The fraction of sp³-hybridized carbons (Fsp3) is 0.552. The largest absolute Gasteiger partial charge is 0.416 e. The number of benzene rings is 2. The summed E-state index contributed by atoms with van der Waals surface area (Å²) in [5, 5.41) is 0.545. The summed E-state index contributed by atoms with van der Waals surface area (Å²) in [5.74, 6) is -1.03. The molecule has 0 unspecified atom stereocenters. The molecule has 41 heavy (non-hydrogen) atoms. The van der Waals surface area contributed by atoms with Gasteiger partial charge in [-0.3, -0.25) is 14.6 Å². The molecule has 5 rings (SSSR count). The minimum atomic E-state index is -5.03. The van der Waals surface area contributed by atoms with Gasteiger partial charge in [-0.25, -0.2) is 0 Å². The number of rotatable bonds is 4. The Morgan fingerprint density at radius 3 is 1.93 bits per heavy atom. The number of morpholine rings is 1. The molecule has 0 aromatic heterocycles. The fourth-order valence-corrected chi connectivity index (χ4v) is 6.51. The highest BCUT2D eigenvalue weighted by Crippen LogP contribution is 2.38. The Labute approximate surface area is 240 Å². The summed E-state index contributed by atoms with van der Waals surface area (Å²) in [6.07, 6.45) is -7.51. The second-order valence-corrected chi connectivity index (χ2v) is 11.4. The Hall–Kier alpha value is -2.34. The molecule has 12 heteroatoms. The second-order valence-electron chi connectivity index (χ2n) is 11.0. The van der Waals surface area contributed by atoms with Crippen molar-refractivity contribution in [3.63, 3.8) is 0 Å². The van der Waals surface area contributed by atoms with Crippen molar-refractivity contribution in [3.05, 3.63) is 69.7 Å². The Bertz CT molecular complexity index is 1180. The molecule has 3 fully saturated rings. The molecule has 2 aromatic rings. The molecule has 5 nitrogen and oxygen atoms in total. The number of carbonyl (C=O) groups is 1. The van der Waals surface area contributed by atoms with Crippen molar-refractivity contribution in [2.24, 2.45) is 0 Å². The lowest BCUT2D eigenvalue weighted by atomic mass is 9.83. The Balaban J connectivity index is 1.37. The Morgan fingerprint density at radius 2 is 1.37 bits per heavy atom. The zero-order chi connectivity index (χ0) is 29.4. The van der Waals surface area contributed by atoms with Gasteiger partial charge in [-0.1, -0.05) is 23.7 Å². The van der Waals surface area contributed by atoms with Crippen LogP contribution in [0.3, 0.4) is 0 Å². The van der Waals surface area contributed by atoms with Crippen molar-refractivity contribution in [1.29, 1.82) is 0 Å². The molecule has 0 bridgehead atoms. The molecule has 0 aliphatic carbocycles. The van der Waals surface area contributed by atoms with Crippen LogP contribution < -0.4 is 0 Å². The summed E-state index contributed by atoms with van der Waals surface area (Å²) >= 11 is 6.12. The average molecular weight is 604 g/mol. The van der Waals surface area contributed by atoms with Crippen LogP contribution in [0.2, 0.25) is 5.02 Å². The highest BCUT2D eigenvalue weighted by atomic mass is 35.5. The lowest BCUT2D eigenvalue weighted by Gasteiger charge is -2.48. The van der Waals surface area contributed by atoms with Gasteiger partial charge in [0.2, 0.25) is 0 Å². The summed E-state index contributed by atoms with van der Waals surface area (Å²) in [6, 6.07) is 8.87. The lowest BCUT2D eigenvalue weighted by Crippen LogP contribution is -2.55. The summed E-state index contributed by atoms with van der Waals surface area (Å²) < 4.78 is 86.1. The summed E-state index contributed by atoms with van der Waals surface area (Å²) in [4.78, 5) is 19.7. The van der Waals surface area contributed by atoms with Gasteiger partial charge in [0, 0.05) is 54.8 Å². The maximum Gasteiger partial charge on any atom is 0.416 e. The van der Waals surface area contributed by atoms with E-state index in [4.69, 9.17) is 16.3 Å². The van der Waals surface area contributed by atoms with E-state index in [1.54, 1.807) is 12.1 Å². The maximum atomic E-state index is 13.4. The molecule has 3 saturated heterocycles. The molecule has 2 aromatic carbocycles.